The van der Waals surface area contributed by atoms with Crippen molar-refractivity contribution in [1.82, 2.24) is 29.9 Å². The Bertz CT molecular complexity index is 1240. The first-order valence-electron chi connectivity index (χ1n) is 14.5. The number of likely N-dealkylation sites (tertiary alicyclic amines) is 1. The Morgan fingerprint density at radius 2 is 1.87 bits per heavy atom. The fourth-order valence-corrected chi connectivity index (χ4v) is 5.97. The van der Waals surface area contributed by atoms with Crippen molar-refractivity contribution in [2.24, 2.45) is 0 Å². The molecule has 2 aliphatic heterocycles. The molecule has 4 heterocycles. The third kappa shape index (κ3) is 6.59. The summed E-state index contributed by atoms with van der Waals surface area (Å²) in [5.41, 5.74) is 3.81. The number of benzene rings is 1. The monoisotopic (exact) mass is 533 g/mol. The number of carbonyl (C=O) groups excluding carboxylic acids is 1. The van der Waals surface area contributed by atoms with Gasteiger partial charge in [0.1, 0.15) is 0 Å². The van der Waals surface area contributed by atoms with Gasteiger partial charge in [-0.3, -0.25) is 19.4 Å². The minimum atomic E-state index is -0.0836. The van der Waals surface area contributed by atoms with E-state index in [4.69, 9.17) is 5.10 Å². The van der Waals surface area contributed by atoms with E-state index in [1.165, 1.54) is 12.8 Å². The number of hydrogen-bond donors (Lipinski definition) is 2. The molecule has 2 aromatic heterocycles. The zero-order valence-electron chi connectivity index (χ0n) is 23.4. The van der Waals surface area contributed by atoms with E-state index in [-0.39, 0.29) is 24.6 Å². The van der Waals surface area contributed by atoms with E-state index in [2.05, 4.69) is 51.0 Å². The standard InChI is InChI=1S/C30H43N7O2/c1-23(2)37-17-10-26(33-37)27(21-28(39)31-12-18-34-13-3-4-14-34)35-15-6-16-36(20-19-35)30-25(22-38)9-8-24-7-5-11-32-29(24)30/h5,7-11,17,23,27,38H,3-4,6,12-16,18-22H2,1-2H3,(H,31,39)/t27-/m1/s1. The summed E-state index contributed by atoms with van der Waals surface area (Å²) in [6.45, 7) is 11.5. The predicted octanol–water partition coefficient (Wildman–Crippen LogP) is 3.36. The maximum Gasteiger partial charge on any atom is 0.222 e. The van der Waals surface area contributed by atoms with Crippen LogP contribution in [0.4, 0.5) is 5.69 Å². The topological polar surface area (TPSA) is 89.8 Å². The van der Waals surface area contributed by atoms with Crippen LogP contribution in [0.2, 0.25) is 0 Å². The van der Waals surface area contributed by atoms with Crippen molar-refractivity contribution in [2.75, 3.05) is 57.3 Å². The van der Waals surface area contributed by atoms with Crippen LogP contribution in [-0.2, 0) is 11.4 Å². The second-order valence-electron chi connectivity index (χ2n) is 11.1. The summed E-state index contributed by atoms with van der Waals surface area (Å²) in [6.07, 6.45) is 7.71. The summed E-state index contributed by atoms with van der Waals surface area (Å²) < 4.78 is 1.98. The molecule has 1 aromatic carbocycles. The Morgan fingerprint density at radius 1 is 1.03 bits per heavy atom. The molecule has 2 N–H and O–H groups in total. The molecule has 1 atom stereocenters. The number of fused-ring (bicyclic) bond motifs is 1. The average Bonchev–Trinajstić information content (AvgIpc) is 3.60. The molecule has 0 bridgehead atoms. The summed E-state index contributed by atoms with van der Waals surface area (Å²) in [4.78, 5) is 25.0. The average molecular weight is 534 g/mol. The predicted molar refractivity (Wildman–Crippen MR) is 155 cm³/mol. The lowest BCUT2D eigenvalue weighted by molar-refractivity contribution is -0.122. The molecule has 2 fully saturated rings. The number of nitrogens with zero attached hydrogens (tertiary/aromatic N) is 6. The SMILES string of the molecule is CC(C)n1ccc([C@@H](CC(=O)NCCN2CCCC2)N2CCCN(c3c(CO)ccc4cccnc34)CC2)n1. The number of amides is 1. The lowest BCUT2D eigenvalue weighted by Gasteiger charge is -2.30. The third-order valence-corrected chi connectivity index (χ3v) is 8.12. The van der Waals surface area contributed by atoms with Gasteiger partial charge in [0.05, 0.1) is 29.5 Å². The van der Waals surface area contributed by atoms with Crippen LogP contribution in [0.25, 0.3) is 10.9 Å². The quantitative estimate of drug-likeness (QED) is 0.413. The molecule has 2 saturated heterocycles. The third-order valence-electron chi connectivity index (χ3n) is 8.12. The first kappa shape index (κ1) is 27.6. The van der Waals surface area contributed by atoms with Gasteiger partial charge >= 0.3 is 0 Å². The molecule has 2 aliphatic rings. The number of aliphatic hydroxyl groups excluding tert-OH is 1. The van der Waals surface area contributed by atoms with Crippen LogP contribution in [-0.4, -0.2) is 87.9 Å². The highest BCUT2D eigenvalue weighted by atomic mass is 16.3. The number of aliphatic hydroxyl groups is 1. The molecule has 0 unspecified atom stereocenters. The van der Waals surface area contributed by atoms with Crippen molar-refractivity contribution < 1.29 is 9.90 Å². The van der Waals surface area contributed by atoms with Gasteiger partial charge in [-0.05, 0) is 58.3 Å². The maximum absolute atomic E-state index is 13.1. The molecule has 0 aliphatic carbocycles. The fraction of sp³-hybridized carbons (Fsp3) is 0.567. The van der Waals surface area contributed by atoms with E-state index >= 15 is 0 Å². The van der Waals surface area contributed by atoms with Crippen LogP contribution in [0.3, 0.4) is 0 Å². The van der Waals surface area contributed by atoms with E-state index in [1.807, 2.05) is 35.3 Å². The lowest BCUT2D eigenvalue weighted by Crippen LogP contribution is -2.38. The van der Waals surface area contributed by atoms with Gasteiger partial charge in [0.2, 0.25) is 5.91 Å². The summed E-state index contributed by atoms with van der Waals surface area (Å²) in [5, 5.41) is 19.3. The molecule has 0 saturated carbocycles. The van der Waals surface area contributed by atoms with Gasteiger partial charge < -0.3 is 20.2 Å². The number of pyridine rings is 1. The fourth-order valence-electron chi connectivity index (χ4n) is 5.97. The van der Waals surface area contributed by atoms with Crippen LogP contribution >= 0.6 is 0 Å². The van der Waals surface area contributed by atoms with E-state index in [1.54, 1.807) is 0 Å². The van der Waals surface area contributed by atoms with E-state index in [9.17, 15) is 9.90 Å². The second kappa shape index (κ2) is 12.9. The highest BCUT2D eigenvalue weighted by Gasteiger charge is 2.29. The number of nitrogens with one attached hydrogen (secondary N) is 1. The van der Waals surface area contributed by atoms with Crippen molar-refractivity contribution in [1.29, 1.82) is 0 Å². The second-order valence-corrected chi connectivity index (χ2v) is 11.1. The highest BCUT2D eigenvalue weighted by Crippen LogP contribution is 2.32. The molecule has 9 nitrogen and oxygen atoms in total. The molecule has 1 amide bonds. The van der Waals surface area contributed by atoms with Crippen molar-refractivity contribution >= 4 is 22.5 Å². The molecule has 0 radical (unpaired) electrons. The summed E-state index contributed by atoms with van der Waals surface area (Å²) in [5.74, 6) is 0.0835. The largest absolute Gasteiger partial charge is 0.392 e. The van der Waals surface area contributed by atoms with Gasteiger partial charge in [0, 0.05) is 75.1 Å². The molecule has 0 spiro atoms. The smallest absolute Gasteiger partial charge is 0.222 e. The Kier molecular flexibility index (Phi) is 9.11. The minimum Gasteiger partial charge on any atom is -0.392 e. The van der Waals surface area contributed by atoms with Crippen molar-refractivity contribution in [2.45, 2.75) is 58.2 Å². The van der Waals surface area contributed by atoms with E-state index in [0.717, 1.165) is 80.1 Å². The zero-order valence-corrected chi connectivity index (χ0v) is 23.4. The van der Waals surface area contributed by atoms with Crippen LogP contribution < -0.4 is 10.2 Å². The number of anilines is 1. The minimum absolute atomic E-state index is 0.0189. The number of hydrogen-bond acceptors (Lipinski definition) is 7. The molecule has 9 heteroatoms. The summed E-state index contributed by atoms with van der Waals surface area (Å²) in [7, 11) is 0. The van der Waals surface area contributed by atoms with Crippen molar-refractivity contribution in [3.05, 3.63) is 54.0 Å². The van der Waals surface area contributed by atoms with Gasteiger partial charge in [-0.25, -0.2) is 0 Å². The Morgan fingerprint density at radius 3 is 2.64 bits per heavy atom. The summed E-state index contributed by atoms with van der Waals surface area (Å²) in [6, 6.07) is 10.3. The van der Waals surface area contributed by atoms with Gasteiger partial charge in [0.25, 0.3) is 0 Å². The van der Waals surface area contributed by atoms with Gasteiger partial charge in [-0.2, -0.15) is 5.10 Å². The van der Waals surface area contributed by atoms with E-state index in [0.29, 0.717) is 13.0 Å². The molecular weight excluding hydrogens is 490 g/mol. The first-order valence-corrected chi connectivity index (χ1v) is 14.5. The van der Waals surface area contributed by atoms with Crippen LogP contribution in [0.1, 0.15) is 62.9 Å². The lowest BCUT2D eigenvalue weighted by atomic mass is 10.1. The zero-order chi connectivity index (χ0) is 27.2. The van der Waals surface area contributed by atoms with E-state index < -0.39 is 0 Å². The first-order chi connectivity index (χ1) is 19.0. The van der Waals surface area contributed by atoms with Crippen molar-refractivity contribution in [3.63, 3.8) is 0 Å². The molecule has 210 valence electrons. The number of aromatic nitrogens is 3. The van der Waals surface area contributed by atoms with Gasteiger partial charge in [0.15, 0.2) is 0 Å². The molecule has 5 rings (SSSR count). The Hall–Kier alpha value is -3.01. The highest BCUT2D eigenvalue weighted by molar-refractivity contribution is 5.92. The van der Waals surface area contributed by atoms with Crippen molar-refractivity contribution in [3.8, 4) is 0 Å². The van der Waals surface area contributed by atoms with Crippen LogP contribution in [0, 0.1) is 0 Å². The maximum atomic E-state index is 13.1. The molecule has 39 heavy (non-hydrogen) atoms. The Labute approximate surface area is 231 Å². The summed E-state index contributed by atoms with van der Waals surface area (Å²) >= 11 is 0. The van der Waals surface area contributed by atoms with Crippen LogP contribution in [0.15, 0.2) is 42.7 Å². The Balaban J connectivity index is 1.32. The van der Waals surface area contributed by atoms with Crippen LogP contribution in [0.5, 0.6) is 0 Å². The number of rotatable bonds is 10. The molecular formula is C30H43N7O2. The molecule has 3 aromatic rings. The number of carbonyl (C=O) groups is 1. The van der Waals surface area contributed by atoms with Gasteiger partial charge in [-0.15, -0.1) is 0 Å². The van der Waals surface area contributed by atoms with Gasteiger partial charge in [-0.1, -0.05) is 18.2 Å². The normalized spacial score (nSPS) is 18.1.